The topological polar surface area (TPSA) is 59.6 Å². The first kappa shape index (κ1) is 20.2. The Hall–Kier alpha value is -2.11. The number of rotatable bonds is 7. The van der Waals surface area contributed by atoms with Gasteiger partial charge in [0.05, 0.1) is 35.6 Å². The standard InChI is InChI=1S/C19H22Cl2N2O3/c1-11-7-12(2)19(14(21)8-11)23-18(24)5-6-22-15-10-16(25-3)13(20)9-17(15)26-4/h7-10,22H,5-6H2,1-4H3,(H,23,24). The normalized spacial score (nSPS) is 10.4. The highest BCUT2D eigenvalue weighted by Crippen LogP contribution is 2.35. The van der Waals surface area contributed by atoms with Crippen LogP contribution in [-0.2, 0) is 4.79 Å². The number of hydrogen-bond acceptors (Lipinski definition) is 4. The lowest BCUT2D eigenvalue weighted by Gasteiger charge is -2.14. The van der Waals surface area contributed by atoms with Crippen LogP contribution < -0.4 is 20.1 Å². The number of hydrogen-bond donors (Lipinski definition) is 2. The van der Waals surface area contributed by atoms with E-state index >= 15 is 0 Å². The molecule has 0 aliphatic heterocycles. The average molecular weight is 397 g/mol. The Morgan fingerprint density at radius 3 is 2.31 bits per heavy atom. The molecule has 0 spiro atoms. The molecule has 0 aliphatic carbocycles. The number of amides is 1. The van der Waals surface area contributed by atoms with Gasteiger partial charge in [0, 0.05) is 25.1 Å². The minimum atomic E-state index is -0.133. The summed E-state index contributed by atoms with van der Waals surface area (Å²) in [6, 6.07) is 7.20. The zero-order valence-corrected chi connectivity index (χ0v) is 16.7. The molecule has 2 rings (SSSR count). The maximum atomic E-state index is 12.2. The Balaban J connectivity index is 1.99. The molecule has 0 saturated carbocycles. The van der Waals surface area contributed by atoms with E-state index in [0.717, 1.165) is 11.1 Å². The van der Waals surface area contributed by atoms with Crippen LogP contribution in [-0.4, -0.2) is 26.7 Å². The second-order valence-electron chi connectivity index (χ2n) is 5.85. The van der Waals surface area contributed by atoms with Crippen LogP contribution in [0.15, 0.2) is 24.3 Å². The minimum absolute atomic E-state index is 0.133. The summed E-state index contributed by atoms with van der Waals surface area (Å²) >= 11 is 12.3. The first-order valence-corrected chi connectivity index (χ1v) is 8.83. The van der Waals surface area contributed by atoms with Crippen molar-refractivity contribution in [1.82, 2.24) is 0 Å². The maximum Gasteiger partial charge on any atom is 0.226 e. The van der Waals surface area contributed by atoms with Crippen LogP contribution in [0.1, 0.15) is 17.5 Å². The highest BCUT2D eigenvalue weighted by molar-refractivity contribution is 6.34. The van der Waals surface area contributed by atoms with Crippen LogP contribution in [0.25, 0.3) is 0 Å². The third kappa shape index (κ3) is 4.96. The van der Waals surface area contributed by atoms with Crippen molar-refractivity contribution < 1.29 is 14.3 Å². The van der Waals surface area contributed by atoms with Gasteiger partial charge in [-0.25, -0.2) is 0 Å². The van der Waals surface area contributed by atoms with Crippen LogP contribution in [0.4, 0.5) is 11.4 Å². The Bertz CT molecular complexity index is 787. The van der Waals surface area contributed by atoms with Crippen LogP contribution in [0.2, 0.25) is 10.0 Å². The van der Waals surface area contributed by atoms with Gasteiger partial charge in [-0.3, -0.25) is 4.79 Å². The second-order valence-corrected chi connectivity index (χ2v) is 6.67. The van der Waals surface area contributed by atoms with E-state index in [0.29, 0.717) is 39.5 Å². The van der Waals surface area contributed by atoms with Crippen molar-refractivity contribution in [2.24, 2.45) is 0 Å². The van der Waals surface area contributed by atoms with E-state index in [2.05, 4.69) is 10.6 Å². The van der Waals surface area contributed by atoms with Crippen molar-refractivity contribution in [3.63, 3.8) is 0 Å². The molecule has 2 aromatic carbocycles. The summed E-state index contributed by atoms with van der Waals surface area (Å²) in [5, 5.41) is 7.02. The summed E-state index contributed by atoms with van der Waals surface area (Å²) < 4.78 is 10.5. The van der Waals surface area contributed by atoms with Crippen molar-refractivity contribution in [2.45, 2.75) is 20.3 Å². The Labute approximate surface area is 163 Å². The number of carbonyl (C=O) groups is 1. The third-order valence-corrected chi connectivity index (χ3v) is 4.43. The monoisotopic (exact) mass is 396 g/mol. The van der Waals surface area contributed by atoms with Gasteiger partial charge in [0.1, 0.15) is 11.5 Å². The summed E-state index contributed by atoms with van der Waals surface area (Å²) in [4.78, 5) is 12.2. The van der Waals surface area contributed by atoms with Gasteiger partial charge in [-0.1, -0.05) is 29.3 Å². The molecule has 0 heterocycles. The van der Waals surface area contributed by atoms with Gasteiger partial charge in [-0.05, 0) is 31.0 Å². The molecule has 5 nitrogen and oxygen atoms in total. The van der Waals surface area contributed by atoms with Crippen molar-refractivity contribution in [3.8, 4) is 11.5 Å². The first-order valence-electron chi connectivity index (χ1n) is 8.07. The zero-order chi connectivity index (χ0) is 19.3. The van der Waals surface area contributed by atoms with Crippen LogP contribution in [0.5, 0.6) is 11.5 Å². The Morgan fingerprint density at radius 1 is 1.00 bits per heavy atom. The fourth-order valence-corrected chi connectivity index (χ4v) is 3.18. The molecule has 2 N–H and O–H groups in total. The van der Waals surface area contributed by atoms with Crippen molar-refractivity contribution in [1.29, 1.82) is 0 Å². The lowest BCUT2D eigenvalue weighted by molar-refractivity contribution is -0.115. The first-order chi connectivity index (χ1) is 12.3. The van der Waals surface area contributed by atoms with E-state index in [9.17, 15) is 4.79 Å². The smallest absolute Gasteiger partial charge is 0.226 e. The molecule has 0 radical (unpaired) electrons. The highest BCUT2D eigenvalue weighted by Gasteiger charge is 2.12. The van der Waals surface area contributed by atoms with E-state index in [4.69, 9.17) is 32.7 Å². The summed E-state index contributed by atoms with van der Waals surface area (Å²) in [6.07, 6.45) is 0.262. The number of anilines is 2. The molecule has 1 amide bonds. The molecular weight excluding hydrogens is 375 g/mol. The fraction of sp³-hybridized carbons (Fsp3) is 0.316. The summed E-state index contributed by atoms with van der Waals surface area (Å²) in [5.74, 6) is 0.973. The van der Waals surface area contributed by atoms with Gasteiger partial charge in [0.25, 0.3) is 0 Å². The summed E-state index contributed by atoms with van der Waals surface area (Å²) in [5.41, 5.74) is 3.33. The highest BCUT2D eigenvalue weighted by atomic mass is 35.5. The number of halogens is 2. The van der Waals surface area contributed by atoms with Crippen molar-refractivity contribution >= 4 is 40.5 Å². The quantitative estimate of drug-likeness (QED) is 0.685. The average Bonchev–Trinajstić information content (AvgIpc) is 2.58. The second kappa shape index (κ2) is 9.01. The van der Waals surface area contributed by atoms with Crippen LogP contribution in [0, 0.1) is 13.8 Å². The molecule has 2 aromatic rings. The summed E-state index contributed by atoms with van der Waals surface area (Å²) in [6.45, 7) is 4.29. The summed E-state index contributed by atoms with van der Waals surface area (Å²) in [7, 11) is 3.09. The Morgan fingerprint density at radius 2 is 1.69 bits per heavy atom. The largest absolute Gasteiger partial charge is 0.495 e. The molecule has 0 bridgehead atoms. The number of methoxy groups -OCH3 is 2. The van der Waals surface area contributed by atoms with E-state index in [1.54, 1.807) is 26.4 Å². The molecule has 26 heavy (non-hydrogen) atoms. The molecule has 0 aliphatic rings. The molecular formula is C19H22Cl2N2O3. The van der Waals surface area contributed by atoms with Gasteiger partial charge in [0.2, 0.25) is 5.91 Å². The SMILES string of the molecule is COc1cc(NCCC(=O)Nc2c(C)cc(C)cc2Cl)c(OC)cc1Cl. The molecule has 140 valence electrons. The minimum Gasteiger partial charge on any atom is -0.495 e. The predicted molar refractivity (Wildman–Crippen MR) is 107 cm³/mol. The molecule has 7 heteroatoms. The van der Waals surface area contributed by atoms with Gasteiger partial charge in [-0.2, -0.15) is 0 Å². The van der Waals surface area contributed by atoms with E-state index < -0.39 is 0 Å². The number of benzene rings is 2. The van der Waals surface area contributed by atoms with Crippen molar-refractivity contribution in [2.75, 3.05) is 31.4 Å². The van der Waals surface area contributed by atoms with Gasteiger partial charge in [0.15, 0.2) is 0 Å². The molecule has 0 aromatic heterocycles. The fourth-order valence-electron chi connectivity index (χ4n) is 2.59. The van der Waals surface area contributed by atoms with Crippen LogP contribution in [0.3, 0.4) is 0 Å². The number of aryl methyl sites for hydroxylation is 2. The predicted octanol–water partition coefficient (Wildman–Crippen LogP) is 5.07. The molecule has 0 fully saturated rings. The van der Waals surface area contributed by atoms with Crippen LogP contribution >= 0.6 is 23.2 Å². The van der Waals surface area contributed by atoms with Gasteiger partial charge in [-0.15, -0.1) is 0 Å². The number of nitrogens with one attached hydrogen (secondary N) is 2. The lowest BCUT2D eigenvalue weighted by atomic mass is 10.1. The number of carbonyl (C=O) groups excluding carboxylic acids is 1. The maximum absolute atomic E-state index is 12.2. The lowest BCUT2D eigenvalue weighted by Crippen LogP contribution is -2.17. The van der Waals surface area contributed by atoms with E-state index in [1.807, 2.05) is 26.0 Å². The molecule has 0 saturated heterocycles. The Kier molecular flexibility index (Phi) is 7.00. The number of ether oxygens (including phenoxy) is 2. The molecule has 0 atom stereocenters. The van der Waals surface area contributed by atoms with Gasteiger partial charge >= 0.3 is 0 Å². The zero-order valence-electron chi connectivity index (χ0n) is 15.2. The van der Waals surface area contributed by atoms with Gasteiger partial charge < -0.3 is 20.1 Å². The van der Waals surface area contributed by atoms with E-state index in [1.165, 1.54) is 0 Å². The third-order valence-electron chi connectivity index (χ3n) is 3.84. The van der Waals surface area contributed by atoms with Crippen molar-refractivity contribution in [3.05, 3.63) is 45.4 Å². The molecule has 0 unspecified atom stereocenters. The van der Waals surface area contributed by atoms with E-state index in [-0.39, 0.29) is 12.3 Å².